The van der Waals surface area contributed by atoms with E-state index >= 15 is 0 Å². The molecule has 5 heterocycles. The summed E-state index contributed by atoms with van der Waals surface area (Å²) >= 11 is 0. The quantitative estimate of drug-likeness (QED) is 0.150. The zero-order valence-corrected chi connectivity index (χ0v) is 53.8. The van der Waals surface area contributed by atoms with Crippen LogP contribution in [0.5, 0.6) is 0 Å². The Balaban J connectivity index is 0.687. The van der Waals surface area contributed by atoms with Gasteiger partial charge in [-0.2, -0.15) is 0 Å². The number of allylic oxidation sites excluding steroid dienone is 4. The molecule has 3 aliphatic rings. The van der Waals surface area contributed by atoms with Crippen molar-refractivity contribution >= 4 is 149 Å². The summed E-state index contributed by atoms with van der Waals surface area (Å²) in [5.41, 5.74) is 25.0. The monoisotopic (exact) mass is 1250 g/mol. The third-order valence-electron chi connectivity index (χ3n) is 21.6. The molecule has 7 heteroatoms. The molecule has 0 saturated heterocycles. The third-order valence-corrected chi connectivity index (χ3v) is 21.6. The molecule has 3 aliphatic carbocycles. The first-order chi connectivity index (χ1) is 47.5. The minimum absolute atomic E-state index is 0.231. The molecule has 21 rings (SSSR count). The molecular formula is C90H60N2O5. The predicted molar refractivity (Wildman–Crippen MR) is 399 cm³/mol. The van der Waals surface area contributed by atoms with Crippen LogP contribution in [0.2, 0.25) is 0 Å². The van der Waals surface area contributed by atoms with Crippen LogP contribution in [0.4, 0.5) is 34.1 Å². The minimum atomic E-state index is -0.281. The fourth-order valence-corrected chi connectivity index (χ4v) is 17.1. The van der Waals surface area contributed by atoms with Gasteiger partial charge in [0.05, 0.1) is 22.7 Å². The van der Waals surface area contributed by atoms with E-state index in [0.29, 0.717) is 0 Å². The molecular weight excluding hydrogens is 1190 g/mol. The molecule has 13 aromatic carbocycles. The number of furan rings is 5. The van der Waals surface area contributed by atoms with Crippen LogP contribution in [0.1, 0.15) is 62.8 Å². The number of fused-ring (bicyclic) bond motifs is 19. The van der Waals surface area contributed by atoms with E-state index in [4.69, 9.17) is 22.1 Å². The Bertz CT molecular complexity index is 6480. The topological polar surface area (TPSA) is 72.2 Å². The second-order valence-corrected chi connectivity index (χ2v) is 27.8. The SMILES string of the molecule is CC1(C)C2=CCCC=C2c2cccc(N(c3ccc4c(c3)oc3cc5c(cc34)oc3cc4c(cc35)oc3cc(N(c5cccc6c5C(C)(C)c5ccccc5-6)c5cccc6cc(-c7cc8ccccc8o7)ccc56)ccc34)c3cccc4cc(-c5cc6ccccc6o5)ccc34)c21. The zero-order chi connectivity index (χ0) is 64.2. The molecule has 0 unspecified atom stereocenters. The van der Waals surface area contributed by atoms with Crippen LogP contribution in [-0.2, 0) is 10.8 Å². The van der Waals surface area contributed by atoms with Gasteiger partial charge < -0.3 is 31.9 Å². The first-order valence-electron chi connectivity index (χ1n) is 33.7. The largest absolute Gasteiger partial charge is 0.456 e. The molecule has 0 amide bonds. The van der Waals surface area contributed by atoms with Gasteiger partial charge in [-0.1, -0.05) is 173 Å². The van der Waals surface area contributed by atoms with Gasteiger partial charge in [0, 0.05) is 99.3 Å². The average molecular weight is 1250 g/mol. The number of anilines is 6. The molecule has 460 valence electrons. The minimum Gasteiger partial charge on any atom is -0.456 e. The molecule has 7 nitrogen and oxygen atoms in total. The molecule has 0 saturated carbocycles. The Morgan fingerprint density at radius 1 is 0.289 bits per heavy atom. The number of benzene rings is 13. The van der Waals surface area contributed by atoms with E-state index in [1.165, 1.54) is 44.5 Å². The van der Waals surface area contributed by atoms with Crippen molar-refractivity contribution in [1.82, 2.24) is 0 Å². The van der Waals surface area contributed by atoms with Crippen molar-refractivity contribution in [3.63, 3.8) is 0 Å². The smallest absolute Gasteiger partial charge is 0.137 e. The number of hydrogen-bond acceptors (Lipinski definition) is 7. The maximum absolute atomic E-state index is 7.07. The summed E-state index contributed by atoms with van der Waals surface area (Å²) in [4.78, 5) is 4.91. The Kier molecular flexibility index (Phi) is 11.1. The molecule has 0 bridgehead atoms. The van der Waals surface area contributed by atoms with Gasteiger partial charge in [-0.3, -0.25) is 0 Å². The fourth-order valence-electron chi connectivity index (χ4n) is 17.1. The first-order valence-corrected chi connectivity index (χ1v) is 33.7. The van der Waals surface area contributed by atoms with Crippen LogP contribution in [-0.4, -0.2) is 0 Å². The molecule has 18 aromatic rings. The zero-order valence-electron chi connectivity index (χ0n) is 53.8. The van der Waals surface area contributed by atoms with E-state index in [0.717, 1.165) is 179 Å². The number of nitrogens with zero attached hydrogens (tertiary/aromatic N) is 2. The summed E-state index contributed by atoms with van der Waals surface area (Å²) in [5, 5.41) is 12.6. The first kappa shape index (κ1) is 54.3. The van der Waals surface area contributed by atoms with Crippen LogP contribution >= 0.6 is 0 Å². The molecule has 0 aliphatic heterocycles. The summed E-state index contributed by atoms with van der Waals surface area (Å²) in [6, 6.07) is 91.8. The molecule has 0 spiro atoms. The number of rotatable bonds is 8. The van der Waals surface area contributed by atoms with Gasteiger partial charge in [-0.05, 0) is 177 Å². The Labute approximate surface area is 557 Å². The maximum atomic E-state index is 7.07. The van der Waals surface area contributed by atoms with E-state index in [9.17, 15) is 0 Å². The standard InChI is InChI=1S/C90H60N2O5/c1-89(2)71-25-9-7-21-61(71)65-23-15-29-75(87(65)89)91(73-27-13-19-51-41-55(33-37-59(51)73)79-43-53-17-5-11-31-77(53)93-79)57-35-39-63-67-47-85-69(49-83(67)95-81(63)45-57)70-50-84-68(48-86(70)97-85)64-40-36-58(46-82(64)96-84)92(76-30-16-24-66-62-22-8-10-26-72(62)90(3,4)88(66)76)74-28-14-20-52-42-56(34-38-60(52)74)80-44-54-18-6-12-32-78(54)94-80/h5-7,9,11-50H,8,10H2,1-4H3. The van der Waals surface area contributed by atoms with E-state index in [2.05, 4.69) is 280 Å². The second kappa shape index (κ2) is 19.8. The van der Waals surface area contributed by atoms with Gasteiger partial charge in [-0.25, -0.2) is 0 Å². The van der Waals surface area contributed by atoms with Gasteiger partial charge in [-0.15, -0.1) is 0 Å². The van der Waals surface area contributed by atoms with E-state index in [-0.39, 0.29) is 10.8 Å². The van der Waals surface area contributed by atoms with Gasteiger partial charge in [0.1, 0.15) is 56.2 Å². The van der Waals surface area contributed by atoms with E-state index in [1.807, 2.05) is 24.3 Å². The van der Waals surface area contributed by atoms with Crippen molar-refractivity contribution in [3.8, 4) is 33.8 Å². The van der Waals surface area contributed by atoms with E-state index in [1.54, 1.807) is 0 Å². The van der Waals surface area contributed by atoms with Crippen molar-refractivity contribution in [2.75, 3.05) is 9.80 Å². The van der Waals surface area contributed by atoms with E-state index < -0.39 is 0 Å². The third kappa shape index (κ3) is 7.85. The highest BCUT2D eigenvalue weighted by molar-refractivity contribution is 6.19. The molecule has 0 radical (unpaired) electrons. The van der Waals surface area contributed by atoms with Crippen molar-refractivity contribution in [3.05, 3.63) is 295 Å². The van der Waals surface area contributed by atoms with Gasteiger partial charge in [0.25, 0.3) is 0 Å². The van der Waals surface area contributed by atoms with Gasteiger partial charge in [0.15, 0.2) is 0 Å². The fraction of sp³-hybridized carbons (Fsp3) is 0.0889. The molecule has 0 N–H and O–H groups in total. The van der Waals surface area contributed by atoms with Crippen LogP contribution in [0.15, 0.2) is 295 Å². The normalized spacial score (nSPS) is 14.6. The number of hydrogen-bond donors (Lipinski definition) is 0. The van der Waals surface area contributed by atoms with Crippen LogP contribution in [0.25, 0.3) is 149 Å². The lowest BCUT2D eigenvalue weighted by molar-refractivity contribution is 0.631. The summed E-state index contributed by atoms with van der Waals surface area (Å²) in [6.07, 6.45) is 7.00. The highest BCUT2D eigenvalue weighted by atomic mass is 16.4. The van der Waals surface area contributed by atoms with Crippen LogP contribution < -0.4 is 9.80 Å². The van der Waals surface area contributed by atoms with Crippen molar-refractivity contribution in [2.45, 2.75) is 51.4 Å². The Morgan fingerprint density at radius 3 is 1.26 bits per heavy atom. The summed E-state index contributed by atoms with van der Waals surface area (Å²) < 4.78 is 33.9. The molecule has 0 fully saturated rings. The van der Waals surface area contributed by atoms with Crippen molar-refractivity contribution in [1.29, 1.82) is 0 Å². The maximum Gasteiger partial charge on any atom is 0.137 e. The second-order valence-electron chi connectivity index (χ2n) is 27.8. The number of para-hydroxylation sites is 2. The molecule has 0 atom stereocenters. The van der Waals surface area contributed by atoms with Crippen LogP contribution in [0, 0.1) is 0 Å². The summed E-state index contributed by atoms with van der Waals surface area (Å²) in [7, 11) is 0. The average Bonchev–Trinajstić information content (AvgIpc) is 1.61. The van der Waals surface area contributed by atoms with Crippen LogP contribution in [0.3, 0.4) is 0 Å². The highest BCUT2D eigenvalue weighted by Gasteiger charge is 2.43. The van der Waals surface area contributed by atoms with Crippen molar-refractivity contribution < 1.29 is 22.1 Å². The molecule has 97 heavy (non-hydrogen) atoms. The molecule has 5 aromatic heterocycles. The summed E-state index contributed by atoms with van der Waals surface area (Å²) in [5.74, 6) is 1.70. The van der Waals surface area contributed by atoms with Gasteiger partial charge >= 0.3 is 0 Å². The predicted octanol–water partition coefficient (Wildman–Crippen LogP) is 26.2. The summed E-state index contributed by atoms with van der Waals surface area (Å²) in [6.45, 7) is 9.50. The highest BCUT2D eigenvalue weighted by Crippen LogP contribution is 2.59. The Morgan fingerprint density at radius 2 is 0.711 bits per heavy atom. The lowest BCUT2D eigenvalue weighted by Gasteiger charge is -2.33. The van der Waals surface area contributed by atoms with Gasteiger partial charge in [0.2, 0.25) is 0 Å². The lowest BCUT2D eigenvalue weighted by atomic mass is 9.79. The van der Waals surface area contributed by atoms with Crippen molar-refractivity contribution in [2.24, 2.45) is 0 Å². The Hall–Kier alpha value is -12.1. The lowest BCUT2D eigenvalue weighted by Crippen LogP contribution is -2.21.